The van der Waals surface area contributed by atoms with Crippen LogP contribution in [0.2, 0.25) is 0 Å². The molecule has 0 atom stereocenters. The third-order valence-corrected chi connectivity index (χ3v) is 4.62. The molecular formula is C20H25F3O5. The van der Waals surface area contributed by atoms with Crippen LogP contribution in [0, 0.1) is 11.8 Å². The summed E-state index contributed by atoms with van der Waals surface area (Å²) in [6, 6.07) is 5.83. The zero-order valence-electron chi connectivity index (χ0n) is 15.7. The van der Waals surface area contributed by atoms with Gasteiger partial charge in [-0.2, -0.15) is 0 Å². The molecule has 1 aromatic carbocycles. The van der Waals surface area contributed by atoms with Gasteiger partial charge in [-0.25, -0.2) is 0 Å². The molecule has 2 fully saturated rings. The predicted octanol–water partition coefficient (Wildman–Crippen LogP) is 4.07. The molecule has 3 rings (SSSR count). The van der Waals surface area contributed by atoms with Gasteiger partial charge in [0.15, 0.2) is 12.6 Å². The highest BCUT2D eigenvalue weighted by Gasteiger charge is 2.33. The third kappa shape index (κ3) is 6.48. The molecule has 0 unspecified atom stereocenters. The summed E-state index contributed by atoms with van der Waals surface area (Å²) in [7, 11) is 0. The number of benzene rings is 1. The van der Waals surface area contributed by atoms with Gasteiger partial charge in [0.25, 0.3) is 0 Å². The number of hydrogen-bond donors (Lipinski definition) is 0. The van der Waals surface area contributed by atoms with Gasteiger partial charge in [-0.1, -0.05) is 24.3 Å². The fourth-order valence-electron chi connectivity index (χ4n) is 3.21. The average Bonchev–Trinajstić information content (AvgIpc) is 2.68. The van der Waals surface area contributed by atoms with Crippen molar-refractivity contribution in [3.63, 3.8) is 0 Å². The summed E-state index contributed by atoms with van der Waals surface area (Å²) in [6.45, 7) is 4.20. The van der Waals surface area contributed by atoms with Crippen molar-refractivity contribution >= 4 is 0 Å². The molecular weight excluding hydrogens is 377 g/mol. The van der Waals surface area contributed by atoms with E-state index in [4.69, 9.17) is 18.9 Å². The van der Waals surface area contributed by atoms with Gasteiger partial charge < -0.3 is 23.7 Å². The van der Waals surface area contributed by atoms with E-state index in [-0.39, 0.29) is 30.2 Å². The summed E-state index contributed by atoms with van der Waals surface area (Å²) in [5.74, 6) is 0.0855. The zero-order chi connectivity index (χ0) is 20.0. The molecule has 0 amide bonds. The van der Waals surface area contributed by atoms with Crippen LogP contribution >= 0.6 is 0 Å². The van der Waals surface area contributed by atoms with Crippen LogP contribution in [0.5, 0.6) is 5.75 Å². The van der Waals surface area contributed by atoms with Crippen molar-refractivity contribution in [1.82, 2.24) is 0 Å². The summed E-state index contributed by atoms with van der Waals surface area (Å²) in [6.07, 6.45) is -0.0365. The molecule has 0 aromatic heterocycles. The molecule has 0 saturated carbocycles. The Balaban J connectivity index is 1.37. The number of rotatable bonds is 6. The molecule has 2 heterocycles. The molecule has 2 aliphatic rings. The number of aryl methyl sites for hydroxylation is 1. The summed E-state index contributed by atoms with van der Waals surface area (Å²) < 4.78 is 63.4. The lowest BCUT2D eigenvalue weighted by Gasteiger charge is -2.37. The van der Waals surface area contributed by atoms with Crippen LogP contribution in [0.1, 0.15) is 18.9 Å². The van der Waals surface area contributed by atoms with Crippen LogP contribution in [0.4, 0.5) is 13.2 Å². The lowest BCUT2D eigenvalue weighted by atomic mass is 10.1. The highest BCUT2D eigenvalue weighted by molar-refractivity contribution is 5.27. The third-order valence-electron chi connectivity index (χ3n) is 4.62. The Morgan fingerprint density at radius 3 is 2.21 bits per heavy atom. The number of alkyl halides is 3. The van der Waals surface area contributed by atoms with Gasteiger partial charge in [0.2, 0.25) is 0 Å². The van der Waals surface area contributed by atoms with Crippen molar-refractivity contribution in [2.24, 2.45) is 11.8 Å². The van der Waals surface area contributed by atoms with Crippen molar-refractivity contribution in [3.8, 4) is 5.75 Å². The van der Waals surface area contributed by atoms with Crippen molar-refractivity contribution in [2.75, 3.05) is 26.4 Å². The van der Waals surface area contributed by atoms with Gasteiger partial charge in [0, 0.05) is 12.3 Å². The van der Waals surface area contributed by atoms with E-state index >= 15 is 0 Å². The summed E-state index contributed by atoms with van der Waals surface area (Å²) in [5, 5.41) is 0. The smallest absolute Gasteiger partial charge is 0.406 e. The molecule has 0 radical (unpaired) electrons. The standard InChI is InChI=1S/C20H25F3O5/c1-2-3-15-10-26-19(27-11-15)16-12-24-18(25-13-16)9-6-14-4-7-17(8-5-14)28-20(21,22)23/h2-5,7-8,15-16,18-19H,6,9-13H2,1H3/b3-2+. The Hall–Kier alpha value is -1.61. The lowest BCUT2D eigenvalue weighted by Crippen LogP contribution is -2.44. The maximum absolute atomic E-state index is 12.2. The highest BCUT2D eigenvalue weighted by Crippen LogP contribution is 2.26. The summed E-state index contributed by atoms with van der Waals surface area (Å²) >= 11 is 0. The molecule has 1 aromatic rings. The molecule has 5 nitrogen and oxygen atoms in total. The molecule has 2 saturated heterocycles. The molecule has 156 valence electrons. The highest BCUT2D eigenvalue weighted by atomic mass is 19.4. The van der Waals surface area contributed by atoms with Gasteiger partial charge in [-0.15, -0.1) is 13.2 Å². The largest absolute Gasteiger partial charge is 0.573 e. The Morgan fingerprint density at radius 1 is 1.00 bits per heavy atom. The lowest BCUT2D eigenvalue weighted by molar-refractivity contribution is -0.278. The van der Waals surface area contributed by atoms with Crippen LogP contribution in [0.25, 0.3) is 0 Å². The van der Waals surface area contributed by atoms with Gasteiger partial charge in [-0.3, -0.25) is 0 Å². The predicted molar refractivity (Wildman–Crippen MR) is 94.6 cm³/mol. The van der Waals surface area contributed by atoms with Crippen molar-refractivity contribution in [2.45, 2.75) is 38.7 Å². The number of ether oxygens (including phenoxy) is 5. The van der Waals surface area contributed by atoms with Crippen LogP contribution < -0.4 is 4.74 Å². The number of hydrogen-bond acceptors (Lipinski definition) is 5. The SMILES string of the molecule is C/C=C/C1COC(C2COC(CCc3ccc(OC(F)(F)F)cc3)OC2)OC1. The number of allylic oxidation sites excluding steroid dienone is 1. The van der Waals surface area contributed by atoms with Gasteiger partial charge in [0.05, 0.1) is 32.3 Å². The molecule has 0 N–H and O–H groups in total. The molecule has 8 heteroatoms. The second-order valence-corrected chi connectivity index (χ2v) is 6.91. The van der Waals surface area contributed by atoms with E-state index in [2.05, 4.69) is 10.8 Å². The van der Waals surface area contributed by atoms with Crippen molar-refractivity contribution < 1.29 is 36.9 Å². The maximum Gasteiger partial charge on any atom is 0.573 e. The minimum atomic E-state index is -4.68. The molecule has 0 aliphatic carbocycles. The first-order valence-corrected chi connectivity index (χ1v) is 9.37. The van der Waals surface area contributed by atoms with Crippen molar-refractivity contribution in [1.29, 1.82) is 0 Å². The summed E-state index contributed by atoms with van der Waals surface area (Å²) in [5.41, 5.74) is 0.887. The molecule has 0 bridgehead atoms. The van der Waals surface area contributed by atoms with Crippen LogP contribution in [-0.2, 0) is 25.4 Å². The van der Waals surface area contributed by atoms with Gasteiger partial charge in [0.1, 0.15) is 5.75 Å². The Bertz CT molecular complexity index is 616. The first-order chi connectivity index (χ1) is 13.4. The van der Waals surface area contributed by atoms with Crippen LogP contribution in [-0.4, -0.2) is 45.4 Å². The zero-order valence-corrected chi connectivity index (χ0v) is 15.7. The van der Waals surface area contributed by atoms with Crippen molar-refractivity contribution in [3.05, 3.63) is 42.0 Å². The monoisotopic (exact) mass is 402 g/mol. The second kappa shape index (κ2) is 9.73. The minimum Gasteiger partial charge on any atom is -0.406 e. The molecule has 0 spiro atoms. The van der Waals surface area contributed by atoms with E-state index < -0.39 is 6.36 Å². The normalized spacial score (nSPS) is 29.1. The van der Waals surface area contributed by atoms with Crippen LogP contribution in [0.3, 0.4) is 0 Å². The Kier molecular flexibility index (Phi) is 7.34. The molecule has 28 heavy (non-hydrogen) atoms. The van der Waals surface area contributed by atoms with E-state index in [0.29, 0.717) is 39.3 Å². The first-order valence-electron chi connectivity index (χ1n) is 9.37. The van der Waals surface area contributed by atoms with Gasteiger partial charge >= 0.3 is 6.36 Å². The van der Waals surface area contributed by atoms with E-state index in [1.807, 2.05) is 13.0 Å². The quantitative estimate of drug-likeness (QED) is 0.672. The second-order valence-electron chi connectivity index (χ2n) is 6.91. The first kappa shape index (κ1) is 21.1. The van der Waals surface area contributed by atoms with E-state index in [1.165, 1.54) is 12.1 Å². The van der Waals surface area contributed by atoms with E-state index in [1.54, 1.807) is 12.1 Å². The number of halogens is 3. The fraction of sp³-hybridized carbons (Fsp3) is 0.600. The van der Waals surface area contributed by atoms with E-state index in [9.17, 15) is 13.2 Å². The Labute approximate surface area is 162 Å². The molecule has 2 aliphatic heterocycles. The minimum absolute atomic E-state index is 0.0293. The topological polar surface area (TPSA) is 46.2 Å². The maximum atomic E-state index is 12.2. The fourth-order valence-corrected chi connectivity index (χ4v) is 3.21. The van der Waals surface area contributed by atoms with Gasteiger partial charge in [-0.05, 0) is 31.0 Å². The summed E-state index contributed by atoms with van der Waals surface area (Å²) in [4.78, 5) is 0. The van der Waals surface area contributed by atoms with E-state index in [0.717, 1.165) is 5.56 Å². The van der Waals surface area contributed by atoms with Crippen LogP contribution in [0.15, 0.2) is 36.4 Å². The Morgan fingerprint density at radius 2 is 1.64 bits per heavy atom. The average molecular weight is 402 g/mol.